The van der Waals surface area contributed by atoms with Crippen molar-refractivity contribution in [3.05, 3.63) is 29.8 Å². The van der Waals surface area contributed by atoms with Crippen LogP contribution in [0.15, 0.2) is 24.3 Å². The molecule has 1 aromatic rings. The molecule has 268 valence electrons. The summed E-state index contributed by atoms with van der Waals surface area (Å²) in [4.78, 5) is 54.0. The van der Waals surface area contributed by atoms with Crippen LogP contribution >= 0.6 is 0 Å². The zero-order valence-electron chi connectivity index (χ0n) is 26.7. The Morgan fingerprint density at radius 1 is 0.681 bits per heavy atom. The Morgan fingerprint density at radius 3 is 1.55 bits per heavy atom. The second-order valence-electron chi connectivity index (χ2n) is 10.8. The van der Waals surface area contributed by atoms with Crippen LogP contribution in [0.2, 0.25) is 0 Å². The van der Waals surface area contributed by atoms with Crippen LogP contribution in [0.25, 0.3) is 0 Å². The smallest absolute Gasteiger partial charge is 0.323 e. The number of aliphatic hydroxyl groups excluding tert-OH is 1. The van der Waals surface area contributed by atoms with Gasteiger partial charge in [0.05, 0.1) is 39.5 Å². The van der Waals surface area contributed by atoms with E-state index in [2.05, 4.69) is 0 Å². The largest absolute Gasteiger partial charge is 0.491 e. The Bertz CT molecular complexity index is 1050. The topological polar surface area (TPSA) is 210 Å². The first-order valence-corrected chi connectivity index (χ1v) is 15.3. The molecule has 0 saturated carbocycles. The van der Waals surface area contributed by atoms with Crippen molar-refractivity contribution in [2.45, 2.75) is 25.4 Å². The SMILES string of the molecule is CCOCCOCCOc1ccc(CC(C(=O)O)N2CCN(CC(=O)O)CCN(C(CO)C(=O)O)CCN(CC(=O)O)CC2)cc1.[Gd]. The molecule has 47 heavy (non-hydrogen) atoms. The van der Waals surface area contributed by atoms with Crippen molar-refractivity contribution in [2.75, 3.05) is 105 Å². The van der Waals surface area contributed by atoms with Crippen molar-refractivity contribution in [2.24, 2.45) is 0 Å². The van der Waals surface area contributed by atoms with E-state index < -0.39 is 42.6 Å². The van der Waals surface area contributed by atoms with Gasteiger partial charge in [-0.15, -0.1) is 0 Å². The molecule has 1 heterocycles. The summed E-state index contributed by atoms with van der Waals surface area (Å²) in [5.74, 6) is -3.91. The summed E-state index contributed by atoms with van der Waals surface area (Å²) in [6, 6.07) is 4.81. The minimum absolute atomic E-state index is 0. The zero-order valence-corrected chi connectivity index (χ0v) is 29.0. The number of hydrogen-bond acceptors (Lipinski definition) is 12. The molecule has 16 nitrogen and oxygen atoms in total. The third kappa shape index (κ3) is 17.3. The van der Waals surface area contributed by atoms with Crippen LogP contribution in [-0.4, -0.2) is 186 Å². The van der Waals surface area contributed by atoms with Crippen LogP contribution in [0.1, 0.15) is 12.5 Å². The molecule has 1 aromatic carbocycles. The summed E-state index contributed by atoms with van der Waals surface area (Å²) in [5.41, 5.74) is 0.739. The van der Waals surface area contributed by atoms with Crippen LogP contribution < -0.4 is 4.74 Å². The van der Waals surface area contributed by atoms with Gasteiger partial charge < -0.3 is 39.7 Å². The average molecular weight is 814 g/mol. The van der Waals surface area contributed by atoms with Gasteiger partial charge in [0.25, 0.3) is 0 Å². The van der Waals surface area contributed by atoms with Crippen LogP contribution in [0.5, 0.6) is 5.75 Å². The molecular formula is C30H48GdN4O12. The van der Waals surface area contributed by atoms with E-state index in [4.69, 9.17) is 14.2 Å². The number of hydrogen-bond donors (Lipinski definition) is 5. The monoisotopic (exact) mass is 814 g/mol. The van der Waals surface area contributed by atoms with E-state index in [0.717, 1.165) is 5.56 Å². The molecule has 0 bridgehead atoms. The minimum Gasteiger partial charge on any atom is -0.491 e. The summed E-state index contributed by atoms with van der Waals surface area (Å²) in [6.07, 6.45) is 0.137. The van der Waals surface area contributed by atoms with E-state index >= 15 is 0 Å². The number of aliphatic hydroxyl groups is 1. The predicted octanol–water partition coefficient (Wildman–Crippen LogP) is -1.05. The van der Waals surface area contributed by atoms with Gasteiger partial charge in [-0.05, 0) is 31.0 Å². The molecule has 1 aliphatic rings. The van der Waals surface area contributed by atoms with Crippen molar-refractivity contribution in [1.82, 2.24) is 19.6 Å². The number of ether oxygens (including phenoxy) is 3. The van der Waals surface area contributed by atoms with Crippen molar-refractivity contribution in [1.29, 1.82) is 0 Å². The van der Waals surface area contributed by atoms with E-state index in [1.54, 1.807) is 39.0 Å². The summed E-state index contributed by atoms with van der Waals surface area (Å²) >= 11 is 0. The quantitative estimate of drug-likeness (QED) is 0.106. The molecule has 2 unspecified atom stereocenters. The van der Waals surface area contributed by atoms with E-state index in [9.17, 15) is 44.7 Å². The Balaban J connectivity index is 0.0000110. The Morgan fingerprint density at radius 2 is 1.13 bits per heavy atom. The second-order valence-corrected chi connectivity index (χ2v) is 10.8. The number of carbonyl (C=O) groups is 4. The van der Waals surface area contributed by atoms with Gasteiger partial charge in [0, 0.05) is 98.9 Å². The molecule has 0 aliphatic carbocycles. The van der Waals surface area contributed by atoms with Gasteiger partial charge in [0.1, 0.15) is 24.4 Å². The summed E-state index contributed by atoms with van der Waals surface area (Å²) in [5, 5.41) is 48.6. The second kappa shape index (κ2) is 24.1. The molecule has 2 atom stereocenters. The number of carboxylic acid groups (broad SMARTS) is 4. The van der Waals surface area contributed by atoms with Gasteiger partial charge in [-0.1, -0.05) is 12.1 Å². The van der Waals surface area contributed by atoms with Gasteiger partial charge in [0.2, 0.25) is 0 Å². The van der Waals surface area contributed by atoms with Crippen molar-refractivity contribution < 1.29 is 98.9 Å². The summed E-state index contributed by atoms with van der Waals surface area (Å²) < 4.78 is 16.3. The predicted molar refractivity (Wildman–Crippen MR) is 164 cm³/mol. The average Bonchev–Trinajstić information content (AvgIpc) is 2.99. The van der Waals surface area contributed by atoms with Gasteiger partial charge in [-0.2, -0.15) is 0 Å². The first kappa shape index (κ1) is 43.0. The Hall–Kier alpha value is -2.06. The van der Waals surface area contributed by atoms with Crippen LogP contribution in [0, 0.1) is 39.9 Å². The van der Waals surface area contributed by atoms with E-state index in [1.807, 2.05) is 6.92 Å². The van der Waals surface area contributed by atoms with Gasteiger partial charge in [-0.25, -0.2) is 0 Å². The normalized spacial score (nSPS) is 17.4. The Kier molecular flexibility index (Phi) is 22.1. The number of benzene rings is 1. The van der Waals surface area contributed by atoms with Gasteiger partial charge in [0.15, 0.2) is 0 Å². The molecule has 2 rings (SSSR count). The summed E-state index contributed by atoms with van der Waals surface area (Å²) in [7, 11) is 0. The third-order valence-electron chi connectivity index (χ3n) is 7.58. The molecule has 1 saturated heterocycles. The standard InChI is InChI=1S/C30H48N4O12.Gd/c1-2-44-15-16-45-17-18-46-24-5-3-23(4-6-24)19-25(29(40)41)33-11-7-31(20-27(36)37)9-13-34(26(22-35)30(42)43)14-10-32(8-12-33)21-28(38)39;/h3-6,25-26,35H,2,7-22H2,1H3,(H,36,37)(H,38,39)(H,40,41)(H,42,43);. The third-order valence-corrected chi connectivity index (χ3v) is 7.58. The first-order chi connectivity index (χ1) is 22.0. The van der Waals surface area contributed by atoms with Crippen LogP contribution in [-0.2, 0) is 35.1 Å². The Labute approximate surface area is 306 Å². The van der Waals surface area contributed by atoms with E-state index in [0.29, 0.717) is 38.8 Å². The van der Waals surface area contributed by atoms with Gasteiger partial charge in [-0.3, -0.25) is 38.8 Å². The molecule has 0 aromatic heterocycles. The molecule has 1 fully saturated rings. The first-order valence-electron chi connectivity index (χ1n) is 15.3. The van der Waals surface area contributed by atoms with E-state index in [1.165, 1.54) is 4.90 Å². The zero-order chi connectivity index (χ0) is 33.9. The van der Waals surface area contributed by atoms with Gasteiger partial charge >= 0.3 is 23.9 Å². The van der Waals surface area contributed by atoms with Crippen molar-refractivity contribution in [3.63, 3.8) is 0 Å². The number of aliphatic carboxylic acids is 4. The van der Waals surface area contributed by atoms with Crippen LogP contribution in [0.3, 0.4) is 0 Å². The summed E-state index contributed by atoms with van der Waals surface area (Å²) in [6.45, 7) is 4.02. The number of nitrogens with zero attached hydrogens (tertiary/aromatic N) is 4. The number of carboxylic acids is 4. The van der Waals surface area contributed by atoms with E-state index in [-0.39, 0.29) is 112 Å². The number of rotatable bonds is 19. The fourth-order valence-electron chi connectivity index (χ4n) is 5.10. The molecule has 5 N–H and O–H groups in total. The molecule has 0 amide bonds. The fraction of sp³-hybridized carbons (Fsp3) is 0.667. The fourth-order valence-corrected chi connectivity index (χ4v) is 5.10. The maximum absolute atomic E-state index is 12.6. The molecule has 0 spiro atoms. The maximum Gasteiger partial charge on any atom is 0.323 e. The molecular weight excluding hydrogens is 766 g/mol. The molecule has 17 heteroatoms. The van der Waals surface area contributed by atoms with Crippen molar-refractivity contribution in [3.8, 4) is 5.75 Å². The minimum atomic E-state index is -1.25. The van der Waals surface area contributed by atoms with Crippen molar-refractivity contribution >= 4 is 23.9 Å². The van der Waals surface area contributed by atoms with Crippen LogP contribution in [0.4, 0.5) is 0 Å². The molecule has 0 radical (unpaired) electrons. The molecule has 1 aliphatic heterocycles. The maximum atomic E-state index is 12.6.